The van der Waals surface area contributed by atoms with E-state index in [0.29, 0.717) is 11.1 Å². The van der Waals surface area contributed by atoms with Crippen molar-refractivity contribution in [2.75, 3.05) is 0 Å². The molecule has 6 heteroatoms. The first-order valence-corrected chi connectivity index (χ1v) is 8.49. The van der Waals surface area contributed by atoms with E-state index in [1.165, 1.54) is 36.2 Å². The molecule has 3 rings (SSSR count). The predicted molar refractivity (Wildman–Crippen MR) is 95.5 cm³/mol. The lowest BCUT2D eigenvalue weighted by Gasteiger charge is -2.13. The highest BCUT2D eigenvalue weighted by Gasteiger charge is 2.23. The molecule has 0 bridgehead atoms. The van der Waals surface area contributed by atoms with Gasteiger partial charge in [-0.25, -0.2) is 4.79 Å². The predicted octanol–water partition coefficient (Wildman–Crippen LogP) is 3.82. The minimum absolute atomic E-state index is 0.0518. The average Bonchev–Trinajstić information content (AvgIpc) is 3.08. The molecule has 26 heavy (non-hydrogen) atoms. The van der Waals surface area contributed by atoms with Crippen molar-refractivity contribution in [3.8, 4) is 0 Å². The van der Waals surface area contributed by atoms with Crippen LogP contribution in [0.3, 0.4) is 0 Å². The summed E-state index contributed by atoms with van der Waals surface area (Å²) in [7, 11) is 0. The number of carbonyl (C=O) groups excluding carboxylic acids is 2. The standard InChI is InChI=1S/C20H19NO5/c1-12-6-7-17(11-18(12)21(24)25)20(23)26-13(2)19(22)16-9-8-14-4-3-5-15(14)10-16/h6-11,13H,3-5H2,1-2H3/t13-/m0/s1. The molecular formula is C20H19NO5. The molecule has 0 spiro atoms. The van der Waals surface area contributed by atoms with Crippen molar-refractivity contribution in [2.45, 2.75) is 39.2 Å². The molecule has 0 saturated heterocycles. The third-order valence-electron chi connectivity index (χ3n) is 4.68. The van der Waals surface area contributed by atoms with Gasteiger partial charge in [0.2, 0.25) is 5.78 Å². The summed E-state index contributed by atoms with van der Waals surface area (Å²) in [4.78, 5) is 35.3. The zero-order valence-corrected chi connectivity index (χ0v) is 14.7. The van der Waals surface area contributed by atoms with E-state index in [1.807, 2.05) is 12.1 Å². The number of ether oxygens (including phenoxy) is 1. The molecule has 1 atom stereocenters. The molecule has 0 N–H and O–H groups in total. The Morgan fingerprint density at radius 3 is 2.50 bits per heavy atom. The summed E-state index contributed by atoms with van der Waals surface area (Å²) in [5.74, 6) is -1.04. The lowest BCUT2D eigenvalue weighted by molar-refractivity contribution is -0.385. The number of nitro groups is 1. The summed E-state index contributed by atoms with van der Waals surface area (Å²) in [6.07, 6.45) is 2.10. The molecule has 2 aromatic carbocycles. The van der Waals surface area contributed by atoms with Crippen LogP contribution in [-0.2, 0) is 17.6 Å². The number of hydrogen-bond donors (Lipinski definition) is 0. The Bertz CT molecular complexity index is 903. The Morgan fingerprint density at radius 1 is 1.08 bits per heavy atom. The maximum Gasteiger partial charge on any atom is 0.339 e. The van der Waals surface area contributed by atoms with Gasteiger partial charge >= 0.3 is 5.97 Å². The zero-order chi connectivity index (χ0) is 18.8. The van der Waals surface area contributed by atoms with Gasteiger partial charge < -0.3 is 4.74 Å². The molecular weight excluding hydrogens is 334 g/mol. The van der Waals surface area contributed by atoms with Crippen LogP contribution in [0.5, 0.6) is 0 Å². The summed E-state index contributed by atoms with van der Waals surface area (Å²) < 4.78 is 5.24. The Hall–Kier alpha value is -3.02. The van der Waals surface area contributed by atoms with E-state index < -0.39 is 17.0 Å². The monoisotopic (exact) mass is 353 g/mol. The largest absolute Gasteiger partial charge is 0.451 e. The number of hydrogen-bond acceptors (Lipinski definition) is 5. The van der Waals surface area contributed by atoms with Crippen LogP contribution in [0.4, 0.5) is 5.69 Å². The number of aryl methyl sites for hydroxylation is 3. The molecule has 0 saturated carbocycles. The number of ketones is 1. The van der Waals surface area contributed by atoms with Crippen LogP contribution in [0.1, 0.15) is 50.8 Å². The van der Waals surface area contributed by atoms with Crippen molar-refractivity contribution in [1.29, 1.82) is 0 Å². The van der Waals surface area contributed by atoms with E-state index in [9.17, 15) is 19.7 Å². The van der Waals surface area contributed by atoms with Gasteiger partial charge in [0, 0.05) is 17.2 Å². The maximum atomic E-state index is 12.6. The van der Waals surface area contributed by atoms with Crippen LogP contribution < -0.4 is 0 Å². The van der Waals surface area contributed by atoms with Crippen molar-refractivity contribution in [3.63, 3.8) is 0 Å². The molecule has 0 fully saturated rings. The smallest absolute Gasteiger partial charge is 0.339 e. The maximum absolute atomic E-state index is 12.6. The first-order valence-electron chi connectivity index (χ1n) is 8.49. The van der Waals surface area contributed by atoms with Gasteiger partial charge in [0.25, 0.3) is 5.69 Å². The molecule has 0 aromatic heterocycles. The summed E-state index contributed by atoms with van der Waals surface area (Å²) >= 11 is 0. The summed E-state index contributed by atoms with van der Waals surface area (Å²) in [5.41, 5.74) is 3.30. The average molecular weight is 353 g/mol. The number of benzene rings is 2. The molecule has 0 amide bonds. The van der Waals surface area contributed by atoms with Gasteiger partial charge in [0.15, 0.2) is 6.10 Å². The molecule has 1 aliphatic carbocycles. The lowest BCUT2D eigenvalue weighted by Crippen LogP contribution is -2.24. The van der Waals surface area contributed by atoms with E-state index in [2.05, 4.69) is 0 Å². The van der Waals surface area contributed by atoms with Gasteiger partial charge in [-0.05, 0) is 56.4 Å². The second-order valence-corrected chi connectivity index (χ2v) is 6.51. The Balaban J connectivity index is 1.74. The fraction of sp³-hybridized carbons (Fsp3) is 0.300. The quantitative estimate of drug-likeness (QED) is 0.353. The highest BCUT2D eigenvalue weighted by atomic mass is 16.6. The Labute approximate surface area is 150 Å². The highest BCUT2D eigenvalue weighted by molar-refractivity contribution is 6.01. The van der Waals surface area contributed by atoms with Crippen LogP contribution in [0.15, 0.2) is 36.4 Å². The third kappa shape index (κ3) is 3.49. The van der Waals surface area contributed by atoms with Crippen LogP contribution >= 0.6 is 0 Å². The van der Waals surface area contributed by atoms with E-state index in [1.54, 1.807) is 13.0 Å². The molecule has 0 aliphatic heterocycles. The van der Waals surface area contributed by atoms with Crippen molar-refractivity contribution in [2.24, 2.45) is 0 Å². The molecule has 134 valence electrons. The number of Topliss-reactive ketones (excluding diaryl/α,β-unsaturated/α-hetero) is 1. The van der Waals surface area contributed by atoms with Gasteiger partial charge in [-0.1, -0.05) is 18.2 Å². The van der Waals surface area contributed by atoms with Crippen LogP contribution in [0, 0.1) is 17.0 Å². The van der Waals surface area contributed by atoms with Crippen molar-refractivity contribution in [3.05, 3.63) is 74.3 Å². The second kappa shape index (κ2) is 7.07. The zero-order valence-electron chi connectivity index (χ0n) is 14.7. The summed E-state index contributed by atoms with van der Waals surface area (Å²) in [6.45, 7) is 3.10. The highest BCUT2D eigenvalue weighted by Crippen LogP contribution is 2.24. The minimum atomic E-state index is -0.970. The van der Waals surface area contributed by atoms with Crippen molar-refractivity contribution < 1.29 is 19.2 Å². The van der Waals surface area contributed by atoms with Gasteiger partial charge in [-0.15, -0.1) is 0 Å². The number of rotatable bonds is 5. The van der Waals surface area contributed by atoms with Crippen molar-refractivity contribution >= 4 is 17.4 Å². The van der Waals surface area contributed by atoms with Crippen molar-refractivity contribution in [1.82, 2.24) is 0 Å². The fourth-order valence-corrected chi connectivity index (χ4v) is 3.17. The number of nitrogens with zero attached hydrogens (tertiary/aromatic N) is 1. The van der Waals surface area contributed by atoms with E-state index in [-0.39, 0.29) is 17.0 Å². The molecule has 0 unspecified atom stereocenters. The molecule has 0 heterocycles. The molecule has 6 nitrogen and oxygen atoms in total. The van der Waals surface area contributed by atoms with Crippen LogP contribution in [0.25, 0.3) is 0 Å². The number of carbonyl (C=O) groups is 2. The first-order chi connectivity index (χ1) is 12.4. The summed E-state index contributed by atoms with van der Waals surface area (Å²) in [5, 5.41) is 11.0. The first kappa shape index (κ1) is 17.8. The SMILES string of the molecule is Cc1ccc(C(=O)O[C@@H](C)C(=O)c2ccc3c(c2)CCC3)cc1[N+](=O)[O-]. The normalized spacial score (nSPS) is 13.8. The molecule has 1 aliphatic rings. The van der Waals surface area contributed by atoms with Gasteiger partial charge in [-0.3, -0.25) is 14.9 Å². The lowest BCUT2D eigenvalue weighted by atomic mass is 10.0. The van der Waals surface area contributed by atoms with E-state index >= 15 is 0 Å². The fourth-order valence-electron chi connectivity index (χ4n) is 3.17. The minimum Gasteiger partial charge on any atom is -0.451 e. The topological polar surface area (TPSA) is 86.5 Å². The molecule has 2 aromatic rings. The Morgan fingerprint density at radius 2 is 1.77 bits per heavy atom. The van der Waals surface area contributed by atoms with E-state index in [4.69, 9.17) is 4.74 Å². The Kier molecular flexibility index (Phi) is 4.84. The van der Waals surface area contributed by atoms with E-state index in [0.717, 1.165) is 19.3 Å². The third-order valence-corrected chi connectivity index (χ3v) is 4.68. The van der Waals surface area contributed by atoms with Crippen LogP contribution in [0.2, 0.25) is 0 Å². The number of nitro benzene ring substituents is 1. The molecule has 0 radical (unpaired) electrons. The number of fused-ring (bicyclic) bond motifs is 1. The van der Waals surface area contributed by atoms with Gasteiger partial charge in [-0.2, -0.15) is 0 Å². The van der Waals surface area contributed by atoms with Crippen LogP contribution in [-0.4, -0.2) is 22.8 Å². The van der Waals surface area contributed by atoms with Gasteiger partial charge in [0.1, 0.15) is 0 Å². The van der Waals surface area contributed by atoms with Gasteiger partial charge in [0.05, 0.1) is 10.5 Å². The second-order valence-electron chi connectivity index (χ2n) is 6.51. The number of esters is 1. The summed E-state index contributed by atoms with van der Waals surface area (Å²) in [6, 6.07) is 9.69.